The van der Waals surface area contributed by atoms with Gasteiger partial charge in [-0.25, -0.2) is 0 Å². The normalized spacial score (nSPS) is 29.1. The fourth-order valence-corrected chi connectivity index (χ4v) is 1.96. The number of hydrogen-bond donors (Lipinski definition) is 1. The van der Waals surface area contributed by atoms with Crippen LogP contribution in [0.15, 0.2) is 23.9 Å². The zero-order valence-corrected chi connectivity index (χ0v) is 8.82. The first-order chi connectivity index (χ1) is 6.75. The number of rotatable bonds is 1. The van der Waals surface area contributed by atoms with Gasteiger partial charge in [-0.1, -0.05) is 6.08 Å². The van der Waals surface area contributed by atoms with E-state index < -0.39 is 0 Å². The second-order valence-electron chi connectivity index (χ2n) is 4.18. The molecule has 2 N–H and O–H groups in total. The van der Waals surface area contributed by atoms with Crippen LogP contribution in [0.1, 0.15) is 6.42 Å². The highest BCUT2D eigenvalue weighted by Crippen LogP contribution is 2.15. The highest BCUT2D eigenvalue weighted by molar-refractivity contribution is 5.24. The lowest BCUT2D eigenvalue weighted by atomic mass is 10.1. The number of allylic oxidation sites excluding steroid dienone is 1. The minimum Gasteiger partial charge on any atom is -0.369 e. The van der Waals surface area contributed by atoms with E-state index in [2.05, 4.69) is 35.1 Å². The van der Waals surface area contributed by atoms with Crippen molar-refractivity contribution in [3.05, 3.63) is 23.9 Å². The van der Waals surface area contributed by atoms with E-state index in [1.54, 1.807) is 0 Å². The quantitative estimate of drug-likeness (QED) is 0.654. The molecule has 0 aromatic carbocycles. The first kappa shape index (κ1) is 9.74. The summed E-state index contributed by atoms with van der Waals surface area (Å²) in [5.41, 5.74) is 7.21. The van der Waals surface area contributed by atoms with Crippen molar-refractivity contribution >= 4 is 0 Å². The van der Waals surface area contributed by atoms with Crippen LogP contribution in [-0.2, 0) is 0 Å². The van der Waals surface area contributed by atoms with E-state index in [0.717, 1.165) is 32.6 Å². The van der Waals surface area contributed by atoms with Gasteiger partial charge in [-0.3, -0.25) is 0 Å². The standard InChI is InChI=1S/C11H19N3/c1-13-5-7-14(8-6-13)11-4-2-3-10(12)9-11/h2,4,9-10H,3,5-8,12H2,1H3. The predicted octanol–water partition coefficient (Wildman–Crippen LogP) is 0.405. The fourth-order valence-electron chi connectivity index (χ4n) is 1.96. The lowest BCUT2D eigenvalue weighted by Crippen LogP contribution is -2.44. The van der Waals surface area contributed by atoms with Crippen molar-refractivity contribution in [1.29, 1.82) is 0 Å². The predicted molar refractivity (Wildman–Crippen MR) is 58.9 cm³/mol. The summed E-state index contributed by atoms with van der Waals surface area (Å²) < 4.78 is 0. The lowest BCUT2D eigenvalue weighted by molar-refractivity contribution is 0.189. The molecule has 1 saturated heterocycles. The van der Waals surface area contributed by atoms with Crippen molar-refractivity contribution in [3.8, 4) is 0 Å². The highest BCUT2D eigenvalue weighted by Gasteiger charge is 2.16. The van der Waals surface area contributed by atoms with E-state index in [0.29, 0.717) is 0 Å². The molecule has 0 aromatic rings. The number of piperazine rings is 1. The summed E-state index contributed by atoms with van der Waals surface area (Å²) in [5.74, 6) is 0. The Kier molecular flexibility index (Phi) is 2.89. The zero-order chi connectivity index (χ0) is 9.97. The van der Waals surface area contributed by atoms with E-state index in [1.807, 2.05) is 0 Å². The molecular weight excluding hydrogens is 174 g/mol. The van der Waals surface area contributed by atoms with Crippen LogP contribution in [0.5, 0.6) is 0 Å². The van der Waals surface area contributed by atoms with Crippen molar-refractivity contribution in [2.24, 2.45) is 5.73 Å². The molecule has 1 fully saturated rings. The minimum atomic E-state index is 0.217. The number of nitrogens with zero attached hydrogens (tertiary/aromatic N) is 2. The van der Waals surface area contributed by atoms with Gasteiger partial charge >= 0.3 is 0 Å². The Morgan fingerprint density at radius 3 is 2.64 bits per heavy atom. The van der Waals surface area contributed by atoms with Gasteiger partial charge in [0.25, 0.3) is 0 Å². The van der Waals surface area contributed by atoms with Crippen molar-refractivity contribution in [3.63, 3.8) is 0 Å². The van der Waals surface area contributed by atoms with Crippen LogP contribution >= 0.6 is 0 Å². The summed E-state index contributed by atoms with van der Waals surface area (Å²) in [6.07, 6.45) is 7.55. The minimum absolute atomic E-state index is 0.217. The van der Waals surface area contributed by atoms with Crippen molar-refractivity contribution in [2.45, 2.75) is 12.5 Å². The maximum atomic E-state index is 5.89. The van der Waals surface area contributed by atoms with Gasteiger partial charge in [0.15, 0.2) is 0 Å². The van der Waals surface area contributed by atoms with Gasteiger partial charge < -0.3 is 15.5 Å². The molecule has 1 atom stereocenters. The number of nitrogens with two attached hydrogens (primary N) is 1. The third-order valence-corrected chi connectivity index (χ3v) is 2.95. The Hall–Kier alpha value is -0.800. The van der Waals surface area contributed by atoms with Gasteiger partial charge in [-0.15, -0.1) is 0 Å². The van der Waals surface area contributed by atoms with Crippen LogP contribution in [-0.4, -0.2) is 49.1 Å². The molecule has 0 radical (unpaired) electrons. The molecule has 0 bridgehead atoms. The van der Waals surface area contributed by atoms with E-state index in [9.17, 15) is 0 Å². The molecule has 1 aliphatic heterocycles. The molecule has 0 saturated carbocycles. The molecule has 1 aliphatic carbocycles. The van der Waals surface area contributed by atoms with Crippen LogP contribution in [0.4, 0.5) is 0 Å². The van der Waals surface area contributed by atoms with Crippen molar-refractivity contribution in [1.82, 2.24) is 9.80 Å². The molecule has 1 heterocycles. The molecule has 3 heteroatoms. The highest BCUT2D eigenvalue weighted by atomic mass is 15.2. The van der Waals surface area contributed by atoms with Gasteiger partial charge in [0.05, 0.1) is 0 Å². The first-order valence-corrected chi connectivity index (χ1v) is 5.33. The average Bonchev–Trinajstić information content (AvgIpc) is 2.19. The molecule has 3 nitrogen and oxygen atoms in total. The summed E-state index contributed by atoms with van der Waals surface area (Å²) >= 11 is 0. The Morgan fingerprint density at radius 1 is 1.29 bits per heavy atom. The molecule has 1 unspecified atom stereocenters. The first-order valence-electron chi connectivity index (χ1n) is 5.33. The maximum Gasteiger partial charge on any atom is 0.0339 e. The van der Waals surface area contributed by atoms with Crippen LogP contribution in [0.2, 0.25) is 0 Å². The Labute approximate surface area is 85.9 Å². The SMILES string of the molecule is CN1CCN(C2=CC(N)CC=C2)CC1. The van der Waals surface area contributed by atoms with Gasteiger partial charge in [-0.2, -0.15) is 0 Å². The van der Waals surface area contributed by atoms with Gasteiger partial charge in [0, 0.05) is 37.9 Å². The summed E-state index contributed by atoms with van der Waals surface area (Å²) in [4.78, 5) is 4.79. The van der Waals surface area contributed by atoms with E-state index in [4.69, 9.17) is 5.73 Å². The molecule has 0 amide bonds. The molecular formula is C11H19N3. The van der Waals surface area contributed by atoms with E-state index in [1.165, 1.54) is 5.70 Å². The Bertz CT molecular complexity index is 249. The lowest BCUT2D eigenvalue weighted by Gasteiger charge is -2.35. The van der Waals surface area contributed by atoms with Crippen molar-refractivity contribution < 1.29 is 0 Å². The second-order valence-corrected chi connectivity index (χ2v) is 4.18. The average molecular weight is 193 g/mol. The Balaban J connectivity index is 1.98. The number of hydrogen-bond acceptors (Lipinski definition) is 3. The molecule has 78 valence electrons. The smallest absolute Gasteiger partial charge is 0.0339 e. The summed E-state index contributed by atoms with van der Waals surface area (Å²) in [6.45, 7) is 4.56. The van der Waals surface area contributed by atoms with Gasteiger partial charge in [-0.05, 0) is 25.6 Å². The second kappa shape index (κ2) is 4.15. The Morgan fingerprint density at radius 2 is 2.00 bits per heavy atom. The van der Waals surface area contributed by atoms with E-state index >= 15 is 0 Å². The fraction of sp³-hybridized carbons (Fsp3) is 0.636. The van der Waals surface area contributed by atoms with E-state index in [-0.39, 0.29) is 6.04 Å². The molecule has 14 heavy (non-hydrogen) atoms. The molecule has 0 spiro atoms. The van der Waals surface area contributed by atoms with Crippen LogP contribution in [0.25, 0.3) is 0 Å². The monoisotopic (exact) mass is 193 g/mol. The van der Waals surface area contributed by atoms with Gasteiger partial charge in [0.1, 0.15) is 0 Å². The summed E-state index contributed by atoms with van der Waals surface area (Å²) in [6, 6.07) is 0.217. The van der Waals surface area contributed by atoms with Crippen molar-refractivity contribution in [2.75, 3.05) is 33.2 Å². The van der Waals surface area contributed by atoms with Crippen LogP contribution in [0, 0.1) is 0 Å². The summed E-state index contributed by atoms with van der Waals surface area (Å²) in [7, 11) is 2.17. The van der Waals surface area contributed by atoms with Crippen LogP contribution < -0.4 is 5.73 Å². The molecule has 2 aliphatic rings. The zero-order valence-electron chi connectivity index (χ0n) is 8.82. The molecule has 0 aromatic heterocycles. The van der Waals surface area contributed by atoms with Gasteiger partial charge in [0.2, 0.25) is 0 Å². The third-order valence-electron chi connectivity index (χ3n) is 2.95. The molecule has 2 rings (SSSR count). The number of likely N-dealkylation sites (N-methyl/N-ethyl adjacent to an activating group) is 1. The topological polar surface area (TPSA) is 32.5 Å². The maximum absolute atomic E-state index is 5.89. The summed E-state index contributed by atoms with van der Waals surface area (Å²) in [5, 5.41) is 0. The largest absolute Gasteiger partial charge is 0.369 e. The van der Waals surface area contributed by atoms with Crippen LogP contribution in [0.3, 0.4) is 0 Å². The third kappa shape index (κ3) is 2.16.